The van der Waals surface area contributed by atoms with Crippen molar-refractivity contribution in [3.05, 3.63) is 29.8 Å². The molecular formula is C17H24N4. The second-order valence-corrected chi connectivity index (χ2v) is 6.00. The highest BCUT2D eigenvalue weighted by Crippen LogP contribution is 2.40. The van der Waals surface area contributed by atoms with Crippen molar-refractivity contribution in [3.8, 4) is 6.07 Å². The van der Waals surface area contributed by atoms with Gasteiger partial charge in [0.15, 0.2) is 5.96 Å². The molecule has 0 bridgehead atoms. The van der Waals surface area contributed by atoms with Gasteiger partial charge < -0.3 is 11.1 Å². The molecule has 0 aliphatic heterocycles. The van der Waals surface area contributed by atoms with Gasteiger partial charge in [0.25, 0.3) is 0 Å². The van der Waals surface area contributed by atoms with Crippen molar-refractivity contribution in [2.45, 2.75) is 45.4 Å². The van der Waals surface area contributed by atoms with Gasteiger partial charge in [-0.1, -0.05) is 32.4 Å². The third-order valence-electron chi connectivity index (χ3n) is 4.46. The Morgan fingerprint density at radius 1 is 1.43 bits per heavy atom. The minimum atomic E-state index is -0.271. The predicted octanol–water partition coefficient (Wildman–Crippen LogP) is 3.62. The smallest absolute Gasteiger partial charge is 0.193 e. The lowest BCUT2D eigenvalue weighted by Crippen LogP contribution is -2.33. The summed E-state index contributed by atoms with van der Waals surface area (Å²) in [6.07, 6.45) is 4.12. The molecule has 1 fully saturated rings. The first-order chi connectivity index (χ1) is 10.1. The summed E-state index contributed by atoms with van der Waals surface area (Å²) in [7, 11) is 0. The second-order valence-electron chi connectivity index (χ2n) is 6.00. The van der Waals surface area contributed by atoms with E-state index in [2.05, 4.69) is 42.4 Å². The Morgan fingerprint density at radius 2 is 2.10 bits per heavy atom. The molecule has 112 valence electrons. The van der Waals surface area contributed by atoms with Crippen molar-refractivity contribution in [2.24, 2.45) is 16.1 Å². The number of rotatable bonds is 5. The highest BCUT2D eigenvalue weighted by atomic mass is 15.1. The van der Waals surface area contributed by atoms with E-state index >= 15 is 0 Å². The van der Waals surface area contributed by atoms with Gasteiger partial charge in [-0.3, -0.25) is 4.99 Å². The topological polar surface area (TPSA) is 74.2 Å². The quantitative estimate of drug-likeness (QED) is 0.640. The van der Waals surface area contributed by atoms with Crippen LogP contribution in [-0.2, 0) is 0 Å². The van der Waals surface area contributed by atoms with Gasteiger partial charge in [-0.25, -0.2) is 0 Å². The molecule has 0 aromatic heterocycles. The fraction of sp³-hybridized carbons (Fsp3) is 0.529. The molecule has 4 nitrogen and oxygen atoms in total. The molecule has 4 heteroatoms. The molecule has 0 spiro atoms. The summed E-state index contributed by atoms with van der Waals surface area (Å²) in [4.78, 5) is 4.32. The van der Waals surface area contributed by atoms with Crippen LogP contribution in [0, 0.1) is 16.7 Å². The molecule has 1 unspecified atom stereocenters. The Kier molecular flexibility index (Phi) is 4.85. The Labute approximate surface area is 127 Å². The second kappa shape index (κ2) is 6.62. The molecule has 0 saturated heterocycles. The zero-order valence-corrected chi connectivity index (χ0v) is 12.9. The normalized spacial score (nSPS) is 18.4. The molecule has 1 atom stereocenters. The summed E-state index contributed by atoms with van der Waals surface area (Å²) in [5.41, 5.74) is 7.89. The van der Waals surface area contributed by atoms with E-state index in [1.807, 2.05) is 12.1 Å². The van der Waals surface area contributed by atoms with Crippen LogP contribution in [-0.4, -0.2) is 12.5 Å². The number of hydrogen-bond acceptors (Lipinski definition) is 2. The molecule has 2 rings (SSSR count). The summed E-state index contributed by atoms with van der Waals surface area (Å²) in [5, 5.41) is 12.3. The third-order valence-corrected chi connectivity index (χ3v) is 4.46. The number of nitrogens with one attached hydrogen (secondary N) is 1. The van der Waals surface area contributed by atoms with Gasteiger partial charge in [0.2, 0.25) is 0 Å². The largest absolute Gasteiger partial charge is 0.370 e. The molecule has 3 N–H and O–H groups in total. The average molecular weight is 284 g/mol. The Balaban J connectivity index is 1.93. The molecule has 1 aromatic rings. The van der Waals surface area contributed by atoms with Crippen LogP contribution in [0.3, 0.4) is 0 Å². The monoisotopic (exact) mass is 284 g/mol. The van der Waals surface area contributed by atoms with Crippen molar-refractivity contribution in [1.82, 2.24) is 0 Å². The SMILES string of the molecule is CCC(C)c1ccc(NC(N)=NCC2(C#N)CCC2)cc1. The van der Waals surface area contributed by atoms with Crippen LogP contribution < -0.4 is 11.1 Å². The summed E-state index contributed by atoms with van der Waals surface area (Å²) in [5.74, 6) is 0.951. The lowest BCUT2D eigenvalue weighted by atomic mass is 9.70. The molecule has 0 heterocycles. The number of anilines is 1. The van der Waals surface area contributed by atoms with E-state index in [0.717, 1.165) is 31.4 Å². The third kappa shape index (κ3) is 3.75. The molecule has 0 amide bonds. The minimum absolute atomic E-state index is 0.271. The van der Waals surface area contributed by atoms with Crippen LogP contribution in [0.2, 0.25) is 0 Å². The van der Waals surface area contributed by atoms with E-state index < -0.39 is 0 Å². The van der Waals surface area contributed by atoms with Gasteiger partial charge in [0, 0.05) is 5.69 Å². The zero-order valence-electron chi connectivity index (χ0n) is 12.9. The fourth-order valence-electron chi connectivity index (χ4n) is 2.46. The lowest BCUT2D eigenvalue weighted by molar-refractivity contribution is 0.226. The van der Waals surface area contributed by atoms with Crippen molar-refractivity contribution in [1.29, 1.82) is 5.26 Å². The van der Waals surface area contributed by atoms with Crippen LogP contribution in [0.1, 0.15) is 51.0 Å². The van der Waals surface area contributed by atoms with Crippen LogP contribution in [0.5, 0.6) is 0 Å². The Bertz CT molecular complexity index is 535. The number of benzene rings is 1. The van der Waals surface area contributed by atoms with Gasteiger partial charge in [0.05, 0.1) is 18.0 Å². The van der Waals surface area contributed by atoms with E-state index in [4.69, 9.17) is 11.0 Å². The molecule has 1 aromatic carbocycles. The van der Waals surface area contributed by atoms with E-state index in [1.165, 1.54) is 5.56 Å². The van der Waals surface area contributed by atoms with Crippen molar-refractivity contribution < 1.29 is 0 Å². The van der Waals surface area contributed by atoms with Gasteiger partial charge in [-0.05, 0) is 42.9 Å². The average Bonchev–Trinajstić information content (AvgIpc) is 2.46. The van der Waals surface area contributed by atoms with Gasteiger partial charge in [-0.15, -0.1) is 0 Å². The summed E-state index contributed by atoms with van der Waals surface area (Å²) >= 11 is 0. The first kappa shape index (κ1) is 15.4. The molecule has 1 saturated carbocycles. The number of nitriles is 1. The number of aliphatic imine (C=N–C) groups is 1. The Hall–Kier alpha value is -2.02. The summed E-state index contributed by atoms with van der Waals surface area (Å²) < 4.78 is 0. The standard InChI is InChI=1S/C17H24N4/c1-3-13(2)14-5-7-15(8-6-14)21-16(19)20-12-17(11-18)9-4-10-17/h5-8,13H,3-4,9-10,12H2,1-2H3,(H3,19,20,21). The van der Waals surface area contributed by atoms with E-state index in [-0.39, 0.29) is 5.41 Å². The number of hydrogen-bond donors (Lipinski definition) is 2. The van der Waals surface area contributed by atoms with Crippen LogP contribution >= 0.6 is 0 Å². The van der Waals surface area contributed by atoms with Gasteiger partial charge in [0.1, 0.15) is 0 Å². The molecule has 21 heavy (non-hydrogen) atoms. The van der Waals surface area contributed by atoms with E-state index in [9.17, 15) is 0 Å². The highest BCUT2D eigenvalue weighted by Gasteiger charge is 2.36. The lowest BCUT2D eigenvalue weighted by Gasteiger charge is -2.33. The highest BCUT2D eigenvalue weighted by molar-refractivity contribution is 5.92. The molecule has 1 aliphatic carbocycles. The zero-order chi connectivity index (χ0) is 15.3. The number of guanidine groups is 1. The van der Waals surface area contributed by atoms with E-state index in [1.54, 1.807) is 0 Å². The van der Waals surface area contributed by atoms with Crippen LogP contribution in [0.4, 0.5) is 5.69 Å². The Morgan fingerprint density at radius 3 is 2.57 bits per heavy atom. The first-order valence-electron chi connectivity index (χ1n) is 7.67. The number of nitrogens with zero attached hydrogens (tertiary/aromatic N) is 2. The maximum atomic E-state index is 9.16. The summed E-state index contributed by atoms with van der Waals surface area (Å²) in [6, 6.07) is 10.6. The van der Waals surface area contributed by atoms with Gasteiger partial charge >= 0.3 is 0 Å². The van der Waals surface area contributed by atoms with Crippen molar-refractivity contribution in [3.63, 3.8) is 0 Å². The van der Waals surface area contributed by atoms with Crippen LogP contribution in [0.15, 0.2) is 29.3 Å². The first-order valence-corrected chi connectivity index (χ1v) is 7.67. The summed E-state index contributed by atoms with van der Waals surface area (Å²) in [6.45, 7) is 4.90. The minimum Gasteiger partial charge on any atom is -0.370 e. The fourth-order valence-corrected chi connectivity index (χ4v) is 2.46. The van der Waals surface area contributed by atoms with Crippen molar-refractivity contribution in [2.75, 3.05) is 11.9 Å². The van der Waals surface area contributed by atoms with Crippen molar-refractivity contribution >= 4 is 11.6 Å². The molecule has 0 radical (unpaired) electrons. The predicted molar refractivity (Wildman–Crippen MR) is 87.2 cm³/mol. The van der Waals surface area contributed by atoms with Crippen LogP contribution in [0.25, 0.3) is 0 Å². The molecular weight excluding hydrogens is 260 g/mol. The maximum absolute atomic E-state index is 9.16. The van der Waals surface area contributed by atoms with E-state index in [0.29, 0.717) is 18.4 Å². The van der Waals surface area contributed by atoms with Gasteiger partial charge in [-0.2, -0.15) is 5.26 Å². The maximum Gasteiger partial charge on any atom is 0.193 e. The molecule has 1 aliphatic rings. The number of nitrogens with two attached hydrogens (primary N) is 1.